The molecule has 0 spiro atoms. The first-order valence-corrected chi connectivity index (χ1v) is 9.44. The molecule has 0 aliphatic heterocycles. The van der Waals surface area contributed by atoms with E-state index in [0.717, 1.165) is 21.6 Å². The van der Waals surface area contributed by atoms with Crippen molar-refractivity contribution in [2.75, 3.05) is 6.54 Å². The number of halogens is 2. The van der Waals surface area contributed by atoms with Crippen molar-refractivity contribution < 1.29 is 0 Å². The van der Waals surface area contributed by atoms with Crippen LogP contribution in [0.15, 0.2) is 6.07 Å². The van der Waals surface area contributed by atoms with Crippen molar-refractivity contribution in [3.63, 3.8) is 0 Å². The van der Waals surface area contributed by atoms with E-state index in [1.807, 2.05) is 6.07 Å². The lowest BCUT2D eigenvalue weighted by Gasteiger charge is -2.17. The predicted octanol–water partition coefficient (Wildman–Crippen LogP) is 6.85. The van der Waals surface area contributed by atoms with Crippen LogP contribution in [0.5, 0.6) is 0 Å². The Morgan fingerprint density at radius 3 is 2.25 bits per heavy atom. The first-order valence-electron chi connectivity index (χ1n) is 7.87. The average molecular weight is 336 g/mol. The van der Waals surface area contributed by atoms with Gasteiger partial charge in [-0.05, 0) is 19.0 Å². The third-order valence-electron chi connectivity index (χ3n) is 3.61. The lowest BCUT2D eigenvalue weighted by atomic mass is 10.0. The second-order valence-corrected chi connectivity index (χ2v) is 7.59. The zero-order valence-corrected chi connectivity index (χ0v) is 15.0. The Morgan fingerprint density at radius 2 is 1.70 bits per heavy atom. The van der Waals surface area contributed by atoms with Gasteiger partial charge in [0.2, 0.25) is 0 Å². The van der Waals surface area contributed by atoms with Gasteiger partial charge in [-0.15, -0.1) is 11.3 Å². The summed E-state index contributed by atoms with van der Waals surface area (Å²) >= 11 is 13.8. The molecule has 1 nitrogen and oxygen atoms in total. The fraction of sp³-hybridized carbons (Fsp3) is 0.750. The molecule has 0 saturated carbocycles. The summed E-state index contributed by atoms with van der Waals surface area (Å²) in [5.74, 6) is 0. The molecule has 1 rings (SSSR count). The van der Waals surface area contributed by atoms with Crippen LogP contribution in [0.4, 0.5) is 0 Å². The highest BCUT2D eigenvalue weighted by Crippen LogP contribution is 2.36. The second kappa shape index (κ2) is 10.9. The molecule has 0 aromatic carbocycles. The molecule has 1 atom stereocenters. The normalized spacial score (nSPS) is 12.8. The lowest BCUT2D eigenvalue weighted by Crippen LogP contribution is -2.20. The van der Waals surface area contributed by atoms with Crippen molar-refractivity contribution in [1.29, 1.82) is 0 Å². The second-order valence-electron chi connectivity index (χ2n) is 5.30. The highest BCUT2D eigenvalue weighted by Gasteiger charge is 2.16. The van der Waals surface area contributed by atoms with Crippen LogP contribution in [0, 0.1) is 0 Å². The summed E-state index contributed by atoms with van der Waals surface area (Å²) in [5.41, 5.74) is 1.18. The van der Waals surface area contributed by atoms with Crippen LogP contribution in [0.2, 0.25) is 8.67 Å². The smallest absolute Gasteiger partial charge is 0.0991 e. The van der Waals surface area contributed by atoms with E-state index in [2.05, 4.69) is 19.2 Å². The largest absolute Gasteiger partial charge is 0.310 e. The summed E-state index contributed by atoms with van der Waals surface area (Å²) in [6.45, 7) is 5.36. The van der Waals surface area contributed by atoms with Crippen molar-refractivity contribution in [3.05, 3.63) is 20.3 Å². The van der Waals surface area contributed by atoms with Gasteiger partial charge in [-0.2, -0.15) is 0 Å². The molecule has 0 amide bonds. The molecular formula is C16H27Cl2NS. The molecule has 0 aliphatic carbocycles. The van der Waals surface area contributed by atoms with Gasteiger partial charge >= 0.3 is 0 Å². The van der Waals surface area contributed by atoms with E-state index in [4.69, 9.17) is 23.2 Å². The van der Waals surface area contributed by atoms with E-state index in [1.165, 1.54) is 61.8 Å². The highest BCUT2D eigenvalue weighted by atomic mass is 35.5. The highest BCUT2D eigenvalue weighted by molar-refractivity contribution is 7.20. The molecule has 1 unspecified atom stereocenters. The van der Waals surface area contributed by atoms with Crippen molar-refractivity contribution in [2.24, 2.45) is 0 Å². The van der Waals surface area contributed by atoms with Crippen molar-refractivity contribution in [3.8, 4) is 0 Å². The molecule has 4 heteroatoms. The standard InChI is InChI=1S/C16H27Cl2NS/c1-3-5-6-7-8-9-10-11-14(19-4-2)13-12-15(17)20-16(13)18/h12,14,19H,3-11H2,1-2H3. The Bertz CT molecular complexity index is 365. The SMILES string of the molecule is CCCCCCCCCC(NCC)c1cc(Cl)sc1Cl. The van der Waals surface area contributed by atoms with Gasteiger partial charge in [0.05, 0.1) is 8.67 Å². The molecule has 0 saturated heterocycles. The van der Waals surface area contributed by atoms with Gasteiger partial charge in [0.25, 0.3) is 0 Å². The number of thiophene rings is 1. The summed E-state index contributed by atoms with van der Waals surface area (Å²) in [6, 6.07) is 2.37. The zero-order valence-electron chi connectivity index (χ0n) is 12.7. The van der Waals surface area contributed by atoms with Gasteiger partial charge in [0.15, 0.2) is 0 Å². The summed E-state index contributed by atoms with van der Waals surface area (Å²) in [7, 11) is 0. The lowest BCUT2D eigenvalue weighted by molar-refractivity contribution is 0.477. The maximum absolute atomic E-state index is 6.27. The summed E-state index contributed by atoms with van der Waals surface area (Å²) < 4.78 is 1.62. The molecule has 1 heterocycles. The molecule has 1 aromatic rings. The maximum Gasteiger partial charge on any atom is 0.0991 e. The molecule has 0 aliphatic rings. The Morgan fingerprint density at radius 1 is 1.05 bits per heavy atom. The third kappa shape index (κ3) is 6.80. The van der Waals surface area contributed by atoms with Crippen molar-refractivity contribution in [2.45, 2.75) is 71.3 Å². The molecule has 0 bridgehead atoms. The topological polar surface area (TPSA) is 12.0 Å². The van der Waals surface area contributed by atoms with Crippen LogP contribution in [0.3, 0.4) is 0 Å². The molecule has 116 valence electrons. The monoisotopic (exact) mass is 335 g/mol. The minimum atomic E-state index is 0.354. The molecule has 20 heavy (non-hydrogen) atoms. The number of hydrogen-bond acceptors (Lipinski definition) is 2. The molecular weight excluding hydrogens is 309 g/mol. The first kappa shape index (κ1) is 18.3. The Hall–Kier alpha value is 0.240. The van der Waals surface area contributed by atoms with Crippen LogP contribution < -0.4 is 5.32 Å². The quantitative estimate of drug-likeness (QED) is 0.436. The third-order valence-corrected chi connectivity index (χ3v) is 5.12. The van der Waals surface area contributed by atoms with E-state index < -0.39 is 0 Å². The zero-order chi connectivity index (χ0) is 14.8. The minimum absolute atomic E-state index is 0.354. The number of hydrogen-bond donors (Lipinski definition) is 1. The fourth-order valence-corrected chi connectivity index (χ4v) is 4.09. The van der Waals surface area contributed by atoms with Crippen LogP contribution in [0.1, 0.15) is 76.8 Å². The van der Waals surface area contributed by atoms with Crippen LogP contribution >= 0.6 is 34.5 Å². The van der Waals surface area contributed by atoms with Crippen LogP contribution in [-0.2, 0) is 0 Å². The summed E-state index contributed by atoms with van der Waals surface area (Å²) in [6.07, 6.45) is 10.5. The van der Waals surface area contributed by atoms with Crippen molar-refractivity contribution in [1.82, 2.24) is 5.32 Å². The number of rotatable bonds is 11. The van der Waals surface area contributed by atoms with Crippen molar-refractivity contribution >= 4 is 34.5 Å². The molecule has 1 N–H and O–H groups in total. The minimum Gasteiger partial charge on any atom is -0.310 e. The maximum atomic E-state index is 6.27. The predicted molar refractivity (Wildman–Crippen MR) is 93.4 cm³/mol. The van der Waals surface area contributed by atoms with E-state index in [0.29, 0.717) is 6.04 Å². The number of unbranched alkanes of at least 4 members (excludes halogenated alkanes) is 6. The van der Waals surface area contributed by atoms with Gasteiger partial charge in [-0.25, -0.2) is 0 Å². The first-order chi connectivity index (χ1) is 9.69. The molecule has 1 aromatic heterocycles. The van der Waals surface area contributed by atoms with Gasteiger partial charge in [0, 0.05) is 11.6 Å². The van der Waals surface area contributed by atoms with Gasteiger partial charge in [0.1, 0.15) is 0 Å². The summed E-state index contributed by atoms with van der Waals surface area (Å²) in [4.78, 5) is 0. The Kier molecular flexibility index (Phi) is 9.96. The van der Waals surface area contributed by atoms with E-state index in [9.17, 15) is 0 Å². The van der Waals surface area contributed by atoms with Gasteiger partial charge in [-0.3, -0.25) is 0 Å². The Balaban J connectivity index is 2.31. The van der Waals surface area contributed by atoms with E-state index in [-0.39, 0.29) is 0 Å². The number of nitrogens with one attached hydrogen (secondary N) is 1. The summed E-state index contributed by atoms with van der Waals surface area (Å²) in [5, 5.41) is 3.53. The molecule has 0 radical (unpaired) electrons. The van der Waals surface area contributed by atoms with Crippen LogP contribution in [-0.4, -0.2) is 6.54 Å². The van der Waals surface area contributed by atoms with Crippen LogP contribution in [0.25, 0.3) is 0 Å². The average Bonchev–Trinajstić information content (AvgIpc) is 2.75. The fourth-order valence-electron chi connectivity index (χ4n) is 2.51. The van der Waals surface area contributed by atoms with E-state index >= 15 is 0 Å². The Labute approximate surface area is 138 Å². The van der Waals surface area contributed by atoms with E-state index in [1.54, 1.807) is 0 Å². The van der Waals surface area contributed by atoms with Gasteiger partial charge in [-0.1, -0.05) is 82.0 Å². The van der Waals surface area contributed by atoms with Gasteiger partial charge < -0.3 is 5.32 Å². The molecule has 0 fully saturated rings.